The molecule has 0 unspecified atom stereocenters. The van der Waals surface area contributed by atoms with Crippen LogP contribution in [0.5, 0.6) is 0 Å². The summed E-state index contributed by atoms with van der Waals surface area (Å²) in [4.78, 5) is 0. The van der Waals surface area contributed by atoms with Crippen LogP contribution in [0, 0.1) is 5.41 Å². The lowest BCUT2D eigenvalue weighted by atomic mass is 9.92. The zero-order valence-corrected chi connectivity index (χ0v) is 10.4. The van der Waals surface area contributed by atoms with Crippen LogP contribution in [0.15, 0.2) is 24.3 Å². The van der Waals surface area contributed by atoms with Gasteiger partial charge in [-0.05, 0) is 30.0 Å². The van der Waals surface area contributed by atoms with Crippen LogP contribution < -0.4 is 5.32 Å². The first-order valence-electron chi connectivity index (χ1n) is 5.60. The number of benzene rings is 1. The Labute approximate surface area is 100 Å². The van der Waals surface area contributed by atoms with Crippen molar-refractivity contribution >= 4 is 5.69 Å². The minimum absolute atomic E-state index is 0.175. The molecule has 0 atom stereocenters. The Balaban J connectivity index is 2.61. The number of halogens is 3. The lowest BCUT2D eigenvalue weighted by molar-refractivity contribution is -0.137. The minimum atomic E-state index is -4.28. The van der Waals surface area contributed by atoms with E-state index >= 15 is 0 Å². The van der Waals surface area contributed by atoms with Crippen LogP contribution in [0.4, 0.5) is 18.9 Å². The molecule has 0 aliphatic carbocycles. The third-order valence-corrected chi connectivity index (χ3v) is 2.39. The van der Waals surface area contributed by atoms with Crippen molar-refractivity contribution in [1.82, 2.24) is 0 Å². The van der Waals surface area contributed by atoms with E-state index in [2.05, 4.69) is 26.1 Å². The van der Waals surface area contributed by atoms with Gasteiger partial charge in [-0.3, -0.25) is 0 Å². The molecule has 0 amide bonds. The Kier molecular flexibility index (Phi) is 4.07. The summed E-state index contributed by atoms with van der Waals surface area (Å²) in [6.07, 6.45) is -3.37. The average Bonchev–Trinajstić information content (AvgIpc) is 2.15. The number of alkyl halides is 3. The maximum Gasteiger partial charge on any atom is 0.416 e. The lowest BCUT2D eigenvalue weighted by Gasteiger charge is -2.18. The van der Waals surface area contributed by atoms with Crippen LogP contribution in [0.1, 0.15) is 32.8 Å². The van der Waals surface area contributed by atoms with Crippen molar-refractivity contribution in [2.24, 2.45) is 5.41 Å². The zero-order chi connectivity index (χ0) is 13.1. The van der Waals surface area contributed by atoms with E-state index in [0.29, 0.717) is 12.2 Å². The SMILES string of the molecule is CC(C)(C)CCNc1cccc(C(F)(F)F)c1. The summed E-state index contributed by atoms with van der Waals surface area (Å²) in [5.41, 5.74) is 0.0802. The fraction of sp³-hybridized carbons (Fsp3) is 0.538. The summed E-state index contributed by atoms with van der Waals surface area (Å²) >= 11 is 0. The topological polar surface area (TPSA) is 12.0 Å². The highest BCUT2D eigenvalue weighted by Gasteiger charge is 2.30. The maximum absolute atomic E-state index is 12.5. The minimum Gasteiger partial charge on any atom is -0.385 e. The highest BCUT2D eigenvalue weighted by molar-refractivity contribution is 5.46. The van der Waals surface area contributed by atoms with E-state index in [1.165, 1.54) is 6.07 Å². The Hall–Kier alpha value is -1.19. The predicted molar refractivity (Wildman–Crippen MR) is 64.0 cm³/mol. The number of anilines is 1. The molecule has 4 heteroatoms. The molecule has 1 nitrogen and oxygen atoms in total. The third-order valence-electron chi connectivity index (χ3n) is 2.39. The molecule has 0 aliphatic heterocycles. The monoisotopic (exact) mass is 245 g/mol. The van der Waals surface area contributed by atoms with Crippen LogP contribution >= 0.6 is 0 Å². The van der Waals surface area contributed by atoms with Gasteiger partial charge in [0.1, 0.15) is 0 Å². The first kappa shape index (κ1) is 13.9. The fourth-order valence-electron chi connectivity index (χ4n) is 1.39. The molecule has 1 N–H and O–H groups in total. The zero-order valence-electron chi connectivity index (χ0n) is 10.4. The molecule has 0 fully saturated rings. The summed E-state index contributed by atoms with van der Waals surface area (Å²) in [6, 6.07) is 5.29. The highest BCUT2D eigenvalue weighted by Crippen LogP contribution is 2.30. The molecule has 0 spiro atoms. The normalized spacial score (nSPS) is 12.6. The molecular weight excluding hydrogens is 227 g/mol. The van der Waals surface area contributed by atoms with Crippen LogP contribution in [-0.2, 0) is 6.18 Å². The van der Waals surface area contributed by atoms with Crippen LogP contribution in [0.25, 0.3) is 0 Å². The Morgan fingerprint density at radius 2 is 1.76 bits per heavy atom. The van der Waals surface area contributed by atoms with Crippen molar-refractivity contribution in [1.29, 1.82) is 0 Å². The molecule has 0 heterocycles. The van der Waals surface area contributed by atoms with E-state index in [4.69, 9.17) is 0 Å². The van der Waals surface area contributed by atoms with Gasteiger partial charge >= 0.3 is 6.18 Å². The smallest absolute Gasteiger partial charge is 0.385 e. The number of nitrogens with one attached hydrogen (secondary N) is 1. The van der Waals surface area contributed by atoms with E-state index in [0.717, 1.165) is 18.6 Å². The van der Waals surface area contributed by atoms with Gasteiger partial charge in [0.25, 0.3) is 0 Å². The average molecular weight is 245 g/mol. The second kappa shape index (κ2) is 4.98. The van der Waals surface area contributed by atoms with Gasteiger partial charge in [-0.25, -0.2) is 0 Å². The third kappa shape index (κ3) is 5.11. The van der Waals surface area contributed by atoms with Gasteiger partial charge in [0, 0.05) is 12.2 Å². The van der Waals surface area contributed by atoms with Crippen LogP contribution in [-0.4, -0.2) is 6.54 Å². The van der Waals surface area contributed by atoms with Gasteiger partial charge in [-0.1, -0.05) is 26.8 Å². The molecule has 17 heavy (non-hydrogen) atoms. The summed E-state index contributed by atoms with van der Waals surface area (Å²) in [7, 11) is 0. The number of rotatable bonds is 3. The van der Waals surface area contributed by atoms with Crippen LogP contribution in [0.2, 0.25) is 0 Å². The number of hydrogen-bond donors (Lipinski definition) is 1. The van der Waals surface area contributed by atoms with E-state index in [1.807, 2.05) is 0 Å². The van der Waals surface area contributed by atoms with Crippen molar-refractivity contribution in [2.45, 2.75) is 33.4 Å². The standard InChI is InChI=1S/C13H18F3N/c1-12(2,3)7-8-17-11-6-4-5-10(9-11)13(14,15)16/h4-6,9,17H,7-8H2,1-3H3. The predicted octanol–water partition coefficient (Wildman–Crippen LogP) is 4.55. The Morgan fingerprint density at radius 1 is 1.12 bits per heavy atom. The molecule has 0 saturated heterocycles. The van der Waals surface area contributed by atoms with Gasteiger partial charge in [-0.2, -0.15) is 13.2 Å². The van der Waals surface area contributed by atoms with Gasteiger partial charge in [-0.15, -0.1) is 0 Å². The van der Waals surface area contributed by atoms with Gasteiger partial charge in [0.2, 0.25) is 0 Å². The first-order chi connectivity index (χ1) is 7.68. The molecule has 1 aromatic carbocycles. The second-order valence-corrected chi connectivity index (χ2v) is 5.32. The van der Waals surface area contributed by atoms with E-state index in [9.17, 15) is 13.2 Å². The molecule has 0 bridgehead atoms. The number of hydrogen-bond acceptors (Lipinski definition) is 1. The molecular formula is C13H18F3N. The summed E-state index contributed by atoms with van der Waals surface area (Å²) in [5, 5.41) is 3.01. The molecule has 0 radical (unpaired) electrons. The Morgan fingerprint density at radius 3 is 2.29 bits per heavy atom. The molecule has 0 aliphatic rings. The van der Waals surface area contributed by atoms with E-state index in [1.54, 1.807) is 6.07 Å². The fourth-order valence-corrected chi connectivity index (χ4v) is 1.39. The quantitative estimate of drug-likeness (QED) is 0.823. The van der Waals surface area contributed by atoms with E-state index in [-0.39, 0.29) is 5.41 Å². The Bertz CT molecular complexity index is 364. The van der Waals surface area contributed by atoms with Gasteiger partial charge < -0.3 is 5.32 Å². The summed E-state index contributed by atoms with van der Waals surface area (Å²) in [5.74, 6) is 0. The largest absolute Gasteiger partial charge is 0.416 e. The van der Waals surface area contributed by atoms with Gasteiger partial charge in [0.05, 0.1) is 5.56 Å². The first-order valence-corrected chi connectivity index (χ1v) is 5.60. The molecule has 0 saturated carbocycles. The molecule has 0 aromatic heterocycles. The van der Waals surface area contributed by atoms with Crippen molar-refractivity contribution in [3.8, 4) is 0 Å². The van der Waals surface area contributed by atoms with Crippen molar-refractivity contribution < 1.29 is 13.2 Å². The summed E-state index contributed by atoms with van der Waals surface area (Å²) in [6.45, 7) is 6.97. The van der Waals surface area contributed by atoms with E-state index < -0.39 is 11.7 Å². The highest BCUT2D eigenvalue weighted by atomic mass is 19.4. The maximum atomic E-state index is 12.5. The second-order valence-electron chi connectivity index (χ2n) is 5.32. The van der Waals surface area contributed by atoms with Crippen LogP contribution in [0.3, 0.4) is 0 Å². The molecule has 1 rings (SSSR count). The van der Waals surface area contributed by atoms with Crippen molar-refractivity contribution in [2.75, 3.05) is 11.9 Å². The van der Waals surface area contributed by atoms with Crippen molar-refractivity contribution in [3.63, 3.8) is 0 Å². The van der Waals surface area contributed by atoms with Crippen molar-refractivity contribution in [3.05, 3.63) is 29.8 Å². The lowest BCUT2D eigenvalue weighted by Crippen LogP contribution is -2.13. The van der Waals surface area contributed by atoms with Gasteiger partial charge in [0.15, 0.2) is 0 Å². The molecule has 1 aromatic rings. The summed E-state index contributed by atoms with van der Waals surface area (Å²) < 4.78 is 37.4. The molecule has 96 valence electrons.